The van der Waals surface area contributed by atoms with Crippen LogP contribution in [0, 0.1) is 0 Å². The molecule has 0 amide bonds. The highest BCUT2D eigenvalue weighted by molar-refractivity contribution is 7.97. The predicted octanol–water partition coefficient (Wildman–Crippen LogP) is 15.4. The second-order valence-electron chi connectivity index (χ2n) is 22.5. The summed E-state index contributed by atoms with van der Waals surface area (Å²) in [5.41, 5.74) is 2.21. The van der Waals surface area contributed by atoms with E-state index in [0.717, 1.165) is 51.4 Å². The lowest BCUT2D eigenvalue weighted by Crippen LogP contribution is -2.63. The number of methoxy groups -OCH3 is 2. The van der Waals surface area contributed by atoms with Gasteiger partial charge in [-0.05, 0) is 110 Å². The van der Waals surface area contributed by atoms with Crippen LogP contribution in [-0.4, -0.2) is 103 Å². The Kier molecular flexibility index (Phi) is 22.5. The van der Waals surface area contributed by atoms with Crippen LogP contribution >= 0.6 is 0 Å². The van der Waals surface area contributed by atoms with Crippen molar-refractivity contribution in [2.24, 2.45) is 0 Å². The van der Waals surface area contributed by atoms with Crippen molar-refractivity contribution >= 4 is 47.4 Å². The van der Waals surface area contributed by atoms with E-state index in [2.05, 4.69) is 40.8 Å². The lowest BCUT2D eigenvalue weighted by Gasteiger charge is -2.34. The van der Waals surface area contributed by atoms with Gasteiger partial charge >= 0.3 is 68.2 Å². The molecule has 0 aliphatic carbocycles. The van der Waals surface area contributed by atoms with Crippen molar-refractivity contribution in [3.63, 3.8) is 0 Å². The minimum Gasteiger partial charge on any atom is -0.508 e. The maximum atomic E-state index is 14.4. The average molecular weight is 1450 g/mol. The van der Waals surface area contributed by atoms with Gasteiger partial charge in [0.15, 0.2) is 9.80 Å². The molecule has 2 aromatic heterocycles. The van der Waals surface area contributed by atoms with Gasteiger partial charge in [0.2, 0.25) is 0 Å². The molecule has 532 valence electrons. The third-order valence-electron chi connectivity index (χ3n) is 13.8. The number of fused-ring (bicyclic) bond motifs is 2. The van der Waals surface area contributed by atoms with Gasteiger partial charge in [-0.1, -0.05) is 96.7 Å². The highest BCUT2D eigenvalue weighted by Gasteiger charge is 2.86. The molecule has 0 saturated heterocycles. The van der Waals surface area contributed by atoms with Crippen molar-refractivity contribution in [2.75, 3.05) is 14.2 Å². The molecule has 6 aromatic carbocycles. The lowest BCUT2D eigenvalue weighted by molar-refractivity contribution is -0.382. The van der Waals surface area contributed by atoms with Crippen LogP contribution in [0.2, 0.25) is 0 Å². The van der Waals surface area contributed by atoms with E-state index in [1.54, 1.807) is 37.4 Å². The van der Waals surface area contributed by atoms with Gasteiger partial charge in [0.05, 0.1) is 25.6 Å². The van der Waals surface area contributed by atoms with Crippen LogP contribution in [0.3, 0.4) is 0 Å². The molecule has 0 fully saturated rings. The Balaban J connectivity index is 0.000000343. The van der Waals surface area contributed by atoms with Gasteiger partial charge in [-0.2, -0.15) is 87.4 Å². The standard InChI is InChI=1S/C30H25F9N2O5S.C25H24N2O4.C4F10O2S.2CH4/c1-26(2,3)22-15-19(41-11-10-23(42)40-25(41)43)14-21(24(22)45-4)18-7-6-17-13-20(9-8-16(17)12-18)46-47(5,44)30(38,39)28(33,34)27(31,32)29(35,36)37;1-25(2,3)21-14-18(27-10-9-22(29)26-24(27)30)13-20(23(21)31-4)17-6-5-16-12-19(28)8-7-15(16)11-17;5-1(6,3(9,10)11)2(7,8)4(12,13)17(14,15)16;;/h6-15H,5H2,1-4H3,(H,40,42,43);5-14,28H,1-4H3,(H,26,29,30);;2*1H4. The van der Waals surface area contributed by atoms with E-state index < -0.39 is 100 Å². The molecule has 97 heavy (non-hydrogen) atoms. The number of benzene rings is 6. The van der Waals surface area contributed by atoms with Gasteiger partial charge in [0.1, 0.15) is 23.0 Å². The molecule has 1 atom stereocenters. The SMILES string of the molecule is C.C.C=S(=O)(Oc1ccc2cc(-c3cc(-n4ccc(=O)[nH]c4=O)cc(C(C)(C)C)c3OC)ccc2c1)C(F)(F)C(F)(F)C(F)(F)C(F)(F)F.COc1c(-c2ccc3cc(O)ccc3c2)cc(-n2ccc(=O)[nH]c2=O)cc1C(C)(C)C.O=S(=O)(F)C(F)(F)C(F)(F)C(F)(F)C(F)(F)F. The van der Waals surface area contributed by atoms with E-state index in [1.165, 1.54) is 52.9 Å². The predicted molar refractivity (Wildman–Crippen MR) is 325 cm³/mol. The van der Waals surface area contributed by atoms with Gasteiger partial charge in [-0.15, -0.1) is 0 Å². The number of ether oxygens (including phenoxy) is 2. The molecule has 15 nitrogen and oxygen atoms in total. The monoisotopic (exact) mass is 1450 g/mol. The van der Waals surface area contributed by atoms with E-state index in [4.69, 9.17) is 9.47 Å². The Hall–Kier alpha value is -8.96. The molecule has 0 aliphatic heterocycles. The number of H-pyrrole nitrogens is 2. The zero-order chi connectivity index (χ0) is 72.4. The summed E-state index contributed by atoms with van der Waals surface area (Å²) in [7, 11) is -10.7. The molecule has 1 unspecified atom stereocenters. The Labute approximate surface area is 538 Å². The fraction of sp³-hybridized carbons (Fsp3) is 0.328. The van der Waals surface area contributed by atoms with E-state index in [0.29, 0.717) is 39.2 Å². The highest BCUT2D eigenvalue weighted by Crippen LogP contribution is 2.57. The van der Waals surface area contributed by atoms with Gasteiger partial charge in [0.25, 0.3) is 11.1 Å². The smallest absolute Gasteiger partial charge is 0.460 e. The van der Waals surface area contributed by atoms with Crippen LogP contribution < -0.4 is 36.2 Å². The number of rotatable bonds is 14. The molecule has 0 spiro atoms. The van der Waals surface area contributed by atoms with Crippen molar-refractivity contribution in [1.82, 2.24) is 19.1 Å². The quantitative estimate of drug-likeness (QED) is 0.0530. The number of phenolic OH excluding ortho intramolecular Hbond substituents is 1. The second kappa shape index (κ2) is 27.2. The summed E-state index contributed by atoms with van der Waals surface area (Å²) >= 11 is 0. The Morgan fingerprint density at radius 2 is 0.794 bits per heavy atom. The molecule has 0 radical (unpaired) electrons. The molecular formula is C61H57F19N4O11S2. The van der Waals surface area contributed by atoms with Gasteiger partial charge in [-0.3, -0.25) is 28.7 Å². The topological polar surface area (TPSA) is 209 Å². The first kappa shape index (κ1) is 80.5. The molecule has 0 bridgehead atoms. The summed E-state index contributed by atoms with van der Waals surface area (Å²) in [6, 6.07) is 28.2. The lowest BCUT2D eigenvalue weighted by atomic mass is 9.83. The largest absolute Gasteiger partial charge is 0.508 e. The highest BCUT2D eigenvalue weighted by atomic mass is 32.3. The summed E-state index contributed by atoms with van der Waals surface area (Å²) in [6.07, 6.45) is -11.5. The number of aromatic hydroxyl groups is 1. The molecule has 2 heterocycles. The van der Waals surface area contributed by atoms with Crippen molar-refractivity contribution in [1.29, 1.82) is 0 Å². The van der Waals surface area contributed by atoms with Crippen molar-refractivity contribution < 1.29 is 114 Å². The Morgan fingerprint density at radius 3 is 1.13 bits per heavy atom. The average Bonchev–Trinajstić information content (AvgIpc) is 0.738. The molecule has 3 N–H and O–H groups in total. The van der Waals surface area contributed by atoms with Crippen LogP contribution in [0.5, 0.6) is 23.0 Å². The first-order valence-electron chi connectivity index (χ1n) is 26.3. The number of hydrogen-bond donors (Lipinski definition) is 3. The van der Waals surface area contributed by atoms with Crippen LogP contribution in [0.25, 0.3) is 55.2 Å². The normalized spacial score (nSPS) is 13.6. The number of aromatic nitrogens is 4. The van der Waals surface area contributed by atoms with Gasteiger partial charge in [0, 0.05) is 46.8 Å². The van der Waals surface area contributed by atoms with Crippen molar-refractivity contribution in [2.45, 2.75) is 114 Å². The molecule has 0 aliphatic rings. The summed E-state index contributed by atoms with van der Waals surface area (Å²) in [6.45, 7) is 11.9. The Morgan fingerprint density at radius 1 is 0.454 bits per heavy atom. The summed E-state index contributed by atoms with van der Waals surface area (Å²) in [5, 5.41) is -1.65. The maximum Gasteiger partial charge on any atom is 0.460 e. The van der Waals surface area contributed by atoms with E-state index in [9.17, 15) is 120 Å². The second-order valence-corrected chi connectivity index (χ2v) is 25.8. The summed E-state index contributed by atoms with van der Waals surface area (Å²) in [4.78, 5) is 52.7. The van der Waals surface area contributed by atoms with E-state index in [-0.39, 0.29) is 31.4 Å². The van der Waals surface area contributed by atoms with Crippen LogP contribution in [0.4, 0.5) is 82.9 Å². The zero-order valence-corrected chi connectivity index (χ0v) is 51.3. The molecule has 0 saturated carbocycles. The zero-order valence-electron chi connectivity index (χ0n) is 49.7. The van der Waals surface area contributed by atoms with Crippen molar-refractivity contribution in [3.05, 3.63) is 174 Å². The third kappa shape index (κ3) is 15.4. The molecular weight excluding hydrogens is 1390 g/mol. The van der Waals surface area contributed by atoms with E-state index in [1.807, 2.05) is 57.2 Å². The van der Waals surface area contributed by atoms with Crippen LogP contribution in [0.1, 0.15) is 67.5 Å². The number of hydrogen-bond acceptors (Lipinski definition) is 11. The first-order chi connectivity index (χ1) is 43.0. The minimum absolute atomic E-state index is 0. The fourth-order valence-corrected chi connectivity index (χ4v) is 10.3. The van der Waals surface area contributed by atoms with Gasteiger partial charge < -0.3 is 18.8 Å². The van der Waals surface area contributed by atoms with Crippen molar-refractivity contribution in [3.8, 4) is 56.6 Å². The first-order valence-corrected chi connectivity index (χ1v) is 29.3. The molecule has 8 aromatic rings. The number of nitrogens with zero attached hydrogens (tertiary/aromatic N) is 2. The van der Waals surface area contributed by atoms with Gasteiger partial charge in [-0.25, -0.2) is 13.8 Å². The number of alkyl halides is 18. The Bertz CT molecular complexity index is 4740. The minimum atomic E-state index is -7.67. The number of halogens is 19. The molecule has 8 rings (SSSR count). The van der Waals surface area contributed by atoms with E-state index >= 15 is 0 Å². The number of aromatic amines is 2. The maximum absolute atomic E-state index is 14.4. The fourth-order valence-electron chi connectivity index (χ4n) is 8.85. The third-order valence-corrected chi connectivity index (χ3v) is 16.2. The number of phenols is 1. The number of nitrogens with one attached hydrogen (secondary N) is 2. The van der Waals surface area contributed by atoms with Crippen LogP contribution in [-0.2, 0) is 30.9 Å². The van der Waals surface area contributed by atoms with Crippen LogP contribution in [0.15, 0.2) is 141 Å². The molecule has 36 heteroatoms. The summed E-state index contributed by atoms with van der Waals surface area (Å²) < 4.78 is 289. The summed E-state index contributed by atoms with van der Waals surface area (Å²) in [5.74, 6) is -26.6.